The third kappa shape index (κ3) is 7.23. The van der Waals surface area contributed by atoms with E-state index < -0.39 is 96.8 Å². The Morgan fingerprint density at radius 3 is 2.06 bits per heavy atom. The van der Waals surface area contributed by atoms with Crippen molar-refractivity contribution >= 4 is 38.6 Å². The van der Waals surface area contributed by atoms with Crippen LogP contribution in [-0.2, 0) is 44.5 Å². The van der Waals surface area contributed by atoms with E-state index in [-0.39, 0.29) is 22.9 Å². The lowest BCUT2D eigenvalue weighted by Gasteiger charge is -2.44. The standard InChI is InChI=1S/C29H51N5O10SSi2/c1-17-15-34(26(38)33(8)24(17)37)25-23(43-47(11,12)28(5,6)7)29(19(42-25)16-41-46(9,10)27(2,3)4)22(32-14-21(31)36)18(13-20(30)35)45(39,40)44-29/h15,19,23,25,32H,13-14,16H2,1-12H3,(H2,30,35)(H2,31,36). The van der Waals surface area contributed by atoms with Gasteiger partial charge in [-0.3, -0.25) is 23.5 Å². The van der Waals surface area contributed by atoms with Crippen LogP contribution < -0.4 is 28.0 Å². The lowest BCUT2D eigenvalue weighted by molar-refractivity contribution is -0.117. The van der Waals surface area contributed by atoms with E-state index in [1.165, 1.54) is 24.7 Å². The predicted octanol–water partition coefficient (Wildman–Crippen LogP) is 1.43. The smallest absolute Gasteiger partial charge is 0.332 e. The zero-order valence-electron chi connectivity index (χ0n) is 29.5. The number of amides is 2. The van der Waals surface area contributed by atoms with E-state index in [0.717, 1.165) is 4.57 Å². The number of nitrogens with zero attached hydrogens (tertiary/aromatic N) is 2. The van der Waals surface area contributed by atoms with Gasteiger partial charge in [0.2, 0.25) is 11.8 Å². The van der Waals surface area contributed by atoms with Crippen LogP contribution in [0.15, 0.2) is 26.4 Å². The average molecular weight is 718 g/mol. The highest BCUT2D eigenvalue weighted by atomic mass is 32.2. The Morgan fingerprint density at radius 2 is 1.57 bits per heavy atom. The first-order valence-electron chi connectivity index (χ1n) is 15.4. The number of rotatable bonds is 11. The lowest BCUT2D eigenvalue weighted by Crippen LogP contribution is -2.60. The van der Waals surface area contributed by atoms with Crippen LogP contribution in [0.1, 0.15) is 59.8 Å². The molecule has 1 saturated heterocycles. The molecule has 2 amide bonds. The van der Waals surface area contributed by atoms with E-state index in [0.29, 0.717) is 0 Å². The van der Waals surface area contributed by atoms with Gasteiger partial charge in [-0.15, -0.1) is 0 Å². The molecule has 0 aliphatic carbocycles. The number of carbonyl (C=O) groups is 2. The van der Waals surface area contributed by atoms with Crippen molar-refractivity contribution in [2.45, 2.75) is 115 Å². The van der Waals surface area contributed by atoms with Gasteiger partial charge in [-0.2, -0.15) is 8.42 Å². The highest BCUT2D eigenvalue weighted by molar-refractivity contribution is 7.91. The number of primary amides is 2. The summed E-state index contributed by atoms with van der Waals surface area (Å²) in [6, 6.07) is 0. The van der Waals surface area contributed by atoms with Crippen LogP contribution in [0.3, 0.4) is 0 Å². The minimum atomic E-state index is -4.72. The van der Waals surface area contributed by atoms with Crippen LogP contribution in [0.5, 0.6) is 0 Å². The van der Waals surface area contributed by atoms with Crippen molar-refractivity contribution in [2.75, 3.05) is 13.2 Å². The fourth-order valence-corrected chi connectivity index (χ4v) is 8.88. The van der Waals surface area contributed by atoms with E-state index >= 15 is 0 Å². The van der Waals surface area contributed by atoms with Crippen molar-refractivity contribution in [3.8, 4) is 0 Å². The molecule has 3 rings (SSSR count). The van der Waals surface area contributed by atoms with Gasteiger partial charge in [0.25, 0.3) is 15.7 Å². The number of nitrogens with one attached hydrogen (secondary N) is 1. The van der Waals surface area contributed by atoms with E-state index in [9.17, 15) is 27.6 Å². The van der Waals surface area contributed by atoms with Crippen LogP contribution in [0, 0.1) is 6.92 Å². The van der Waals surface area contributed by atoms with Crippen molar-refractivity contribution < 1.29 is 35.8 Å². The Morgan fingerprint density at radius 1 is 1.02 bits per heavy atom. The fourth-order valence-electron chi connectivity index (χ4n) is 5.04. The summed E-state index contributed by atoms with van der Waals surface area (Å²) in [5, 5.41) is 2.12. The first-order valence-corrected chi connectivity index (χ1v) is 22.6. The highest BCUT2D eigenvalue weighted by Crippen LogP contribution is 2.54. The Kier molecular flexibility index (Phi) is 10.5. The number of ether oxygens (including phenoxy) is 1. The van der Waals surface area contributed by atoms with E-state index in [4.69, 9.17) is 29.2 Å². The van der Waals surface area contributed by atoms with Crippen molar-refractivity contribution in [2.24, 2.45) is 18.5 Å². The van der Waals surface area contributed by atoms with Crippen molar-refractivity contribution in [1.82, 2.24) is 14.5 Å². The molecule has 266 valence electrons. The SMILES string of the molecule is Cc1cn(C2OC(CO[Si](C)(C)C(C)(C)C)C3(OS(=O)(=O)C(CC(N)=O)=C3NCC(N)=O)C2O[Si](C)(C)C(C)(C)C)c(=O)n(C)c1=O. The fraction of sp³-hybridized carbons (Fsp3) is 0.724. The molecule has 1 aromatic heterocycles. The van der Waals surface area contributed by atoms with Crippen LogP contribution in [0.25, 0.3) is 0 Å². The molecule has 4 unspecified atom stereocenters. The molecule has 47 heavy (non-hydrogen) atoms. The van der Waals surface area contributed by atoms with Crippen LogP contribution >= 0.6 is 0 Å². The molecule has 0 saturated carbocycles. The maximum absolute atomic E-state index is 13.9. The molecule has 1 aromatic rings. The summed E-state index contributed by atoms with van der Waals surface area (Å²) in [7, 11) is -8.82. The first kappa shape index (κ1) is 38.8. The van der Waals surface area contributed by atoms with Crippen molar-refractivity contribution in [3.05, 3.63) is 43.2 Å². The van der Waals surface area contributed by atoms with E-state index in [1.807, 2.05) is 67.7 Å². The zero-order chi connectivity index (χ0) is 36.3. The summed E-state index contributed by atoms with van der Waals surface area (Å²) in [5.74, 6) is -1.80. The number of carbonyl (C=O) groups excluding carboxylic acids is 2. The second-order valence-electron chi connectivity index (χ2n) is 15.3. The molecule has 4 atom stereocenters. The average Bonchev–Trinajstić information content (AvgIpc) is 3.30. The van der Waals surface area contributed by atoms with Gasteiger partial charge in [0, 0.05) is 18.8 Å². The van der Waals surface area contributed by atoms with Crippen molar-refractivity contribution in [3.63, 3.8) is 0 Å². The van der Waals surface area contributed by atoms with Gasteiger partial charge in [-0.1, -0.05) is 41.5 Å². The third-order valence-electron chi connectivity index (χ3n) is 9.84. The predicted molar refractivity (Wildman–Crippen MR) is 181 cm³/mol. The van der Waals surface area contributed by atoms with Gasteiger partial charge in [0.05, 0.1) is 25.3 Å². The van der Waals surface area contributed by atoms with Gasteiger partial charge in [0.1, 0.15) is 17.1 Å². The maximum atomic E-state index is 13.9. The number of hydrogen-bond acceptors (Lipinski definition) is 11. The molecule has 1 spiro atoms. The molecule has 0 radical (unpaired) electrons. The van der Waals surface area contributed by atoms with Gasteiger partial charge < -0.3 is 30.4 Å². The summed E-state index contributed by atoms with van der Waals surface area (Å²) < 4.78 is 56.1. The minimum absolute atomic E-state index is 0.195. The maximum Gasteiger partial charge on any atom is 0.332 e. The Hall–Kier alpha value is -2.62. The first-order chi connectivity index (χ1) is 21.1. The summed E-state index contributed by atoms with van der Waals surface area (Å²) in [4.78, 5) is 50.2. The largest absolute Gasteiger partial charge is 0.414 e. The molecule has 18 heteroatoms. The normalized spacial score (nSPS) is 25.1. The molecule has 2 aliphatic heterocycles. The van der Waals surface area contributed by atoms with Gasteiger partial charge >= 0.3 is 5.69 Å². The number of aryl methyl sites for hydroxylation is 1. The van der Waals surface area contributed by atoms with Crippen molar-refractivity contribution in [1.29, 1.82) is 0 Å². The Labute approximate surface area is 278 Å². The minimum Gasteiger partial charge on any atom is -0.414 e. The van der Waals surface area contributed by atoms with Crippen LogP contribution in [-0.4, -0.2) is 77.0 Å². The molecule has 1 fully saturated rings. The molecule has 0 aromatic carbocycles. The van der Waals surface area contributed by atoms with Crippen LogP contribution in [0.4, 0.5) is 0 Å². The molecular formula is C29H51N5O10SSi2. The molecule has 15 nitrogen and oxygen atoms in total. The second kappa shape index (κ2) is 12.7. The second-order valence-corrected chi connectivity index (χ2v) is 26.5. The Bertz CT molecular complexity index is 1690. The molecular weight excluding hydrogens is 667 g/mol. The molecule has 2 aliphatic rings. The monoisotopic (exact) mass is 717 g/mol. The van der Waals surface area contributed by atoms with Gasteiger partial charge in [-0.25, -0.2) is 8.98 Å². The van der Waals surface area contributed by atoms with E-state index in [2.05, 4.69) is 5.32 Å². The number of aromatic nitrogens is 2. The summed E-state index contributed by atoms with van der Waals surface area (Å²) >= 11 is 0. The number of nitrogens with two attached hydrogens (primary N) is 2. The van der Waals surface area contributed by atoms with E-state index in [1.54, 1.807) is 0 Å². The van der Waals surface area contributed by atoms with Crippen LogP contribution in [0.2, 0.25) is 36.3 Å². The lowest BCUT2D eigenvalue weighted by atomic mass is 9.87. The quantitative estimate of drug-likeness (QED) is 0.220. The topological polar surface area (TPSA) is 213 Å². The summed E-state index contributed by atoms with van der Waals surface area (Å²) in [5.41, 5.74) is 7.65. The molecule has 0 bridgehead atoms. The molecule has 5 N–H and O–H groups in total. The number of hydrogen-bond donors (Lipinski definition) is 3. The van der Waals surface area contributed by atoms with Gasteiger partial charge in [-0.05, 0) is 43.2 Å². The summed E-state index contributed by atoms with van der Waals surface area (Å²) in [6.07, 6.45) is -3.46. The Balaban J connectivity index is 2.49. The highest BCUT2D eigenvalue weighted by Gasteiger charge is 2.69. The summed E-state index contributed by atoms with van der Waals surface area (Å²) in [6.45, 7) is 20.7. The zero-order valence-corrected chi connectivity index (χ0v) is 32.3. The third-order valence-corrected chi connectivity index (χ3v) is 20.2. The van der Waals surface area contributed by atoms with Gasteiger partial charge in [0.15, 0.2) is 28.5 Å². The molecule has 3 heterocycles.